The molecule has 1 unspecified atom stereocenters. The van der Waals surface area contributed by atoms with E-state index in [1.807, 2.05) is 11.8 Å². The van der Waals surface area contributed by atoms with Gasteiger partial charge in [0.2, 0.25) is 0 Å². The van der Waals surface area contributed by atoms with Gasteiger partial charge in [-0.1, -0.05) is 57.7 Å². The van der Waals surface area contributed by atoms with Gasteiger partial charge in [-0.3, -0.25) is 4.99 Å². The Hall–Kier alpha value is -0.180. The maximum absolute atomic E-state index is 4.89. The second-order valence-corrected chi connectivity index (χ2v) is 7.83. The van der Waals surface area contributed by atoms with E-state index in [9.17, 15) is 0 Å². The van der Waals surface area contributed by atoms with Crippen molar-refractivity contribution in [3.8, 4) is 0 Å². The van der Waals surface area contributed by atoms with Gasteiger partial charge in [0.15, 0.2) is 5.17 Å². The van der Waals surface area contributed by atoms with E-state index in [1.165, 1.54) is 62.3 Å². The minimum absolute atomic E-state index is 0.402. The fourth-order valence-corrected chi connectivity index (χ4v) is 4.48. The van der Waals surface area contributed by atoms with Crippen molar-refractivity contribution in [1.29, 1.82) is 0 Å². The van der Waals surface area contributed by atoms with E-state index < -0.39 is 0 Å². The molecule has 1 saturated heterocycles. The zero-order valence-electron chi connectivity index (χ0n) is 12.9. The number of amidine groups is 1. The molecule has 0 aromatic carbocycles. The molecule has 2 nitrogen and oxygen atoms in total. The zero-order chi connectivity index (χ0) is 13.7. The monoisotopic (exact) mass is 282 g/mol. The van der Waals surface area contributed by atoms with Crippen LogP contribution in [0.5, 0.6) is 0 Å². The lowest BCUT2D eigenvalue weighted by Crippen LogP contribution is -2.45. The first-order chi connectivity index (χ1) is 9.10. The molecule has 0 radical (unpaired) electrons. The summed E-state index contributed by atoms with van der Waals surface area (Å²) in [5.74, 6) is 2.06. The van der Waals surface area contributed by atoms with Crippen molar-refractivity contribution in [2.45, 2.75) is 83.7 Å². The number of nitrogens with zero attached hydrogens (tertiary/aromatic N) is 1. The van der Waals surface area contributed by atoms with Crippen LogP contribution in [0.25, 0.3) is 0 Å². The van der Waals surface area contributed by atoms with Gasteiger partial charge < -0.3 is 5.32 Å². The van der Waals surface area contributed by atoms with Gasteiger partial charge in [0.25, 0.3) is 0 Å². The van der Waals surface area contributed by atoms with Crippen LogP contribution in [0.2, 0.25) is 0 Å². The van der Waals surface area contributed by atoms with Crippen LogP contribution in [-0.2, 0) is 0 Å². The number of rotatable bonds is 5. The van der Waals surface area contributed by atoms with Crippen molar-refractivity contribution in [2.75, 3.05) is 5.75 Å². The lowest BCUT2D eigenvalue weighted by molar-refractivity contribution is 0.303. The van der Waals surface area contributed by atoms with Crippen LogP contribution in [0, 0.1) is 5.92 Å². The van der Waals surface area contributed by atoms with Crippen molar-refractivity contribution in [2.24, 2.45) is 10.9 Å². The summed E-state index contributed by atoms with van der Waals surface area (Å²) in [7, 11) is 0. The maximum atomic E-state index is 4.89. The van der Waals surface area contributed by atoms with Crippen LogP contribution in [-0.4, -0.2) is 22.5 Å². The summed E-state index contributed by atoms with van der Waals surface area (Å²) in [6.45, 7) is 6.87. The SMILES string of the molecule is CC(C)CCCC(C)N=C1NC2(CCCCC2)CS1. The van der Waals surface area contributed by atoms with E-state index in [0.29, 0.717) is 11.6 Å². The standard InChI is InChI=1S/C16H30N2S/c1-13(2)8-7-9-14(3)17-15-18-16(12-19-15)10-5-4-6-11-16/h13-14H,4-12H2,1-3H3,(H,17,18). The normalized spacial score (nSPS) is 26.0. The molecule has 0 aromatic rings. The van der Waals surface area contributed by atoms with Crippen molar-refractivity contribution in [3.05, 3.63) is 0 Å². The van der Waals surface area contributed by atoms with Crippen LogP contribution in [0.1, 0.15) is 72.1 Å². The van der Waals surface area contributed by atoms with E-state index in [4.69, 9.17) is 4.99 Å². The van der Waals surface area contributed by atoms with Crippen LogP contribution >= 0.6 is 11.8 Å². The second-order valence-electron chi connectivity index (χ2n) is 6.86. The van der Waals surface area contributed by atoms with E-state index in [0.717, 1.165) is 5.92 Å². The predicted octanol–water partition coefficient (Wildman–Crippen LogP) is 4.60. The highest BCUT2D eigenvalue weighted by atomic mass is 32.2. The molecular weight excluding hydrogens is 252 g/mol. The molecule has 0 aromatic heterocycles. The molecular formula is C16H30N2S. The maximum Gasteiger partial charge on any atom is 0.157 e. The fraction of sp³-hybridized carbons (Fsp3) is 0.938. The van der Waals surface area contributed by atoms with Crippen molar-refractivity contribution in [3.63, 3.8) is 0 Å². The van der Waals surface area contributed by atoms with Gasteiger partial charge >= 0.3 is 0 Å². The molecule has 0 bridgehead atoms. The molecule has 1 spiro atoms. The second kappa shape index (κ2) is 7.01. The number of hydrogen-bond donors (Lipinski definition) is 1. The molecule has 1 saturated carbocycles. The summed E-state index contributed by atoms with van der Waals surface area (Å²) in [6, 6.07) is 0.479. The minimum atomic E-state index is 0.402. The minimum Gasteiger partial charge on any atom is -0.359 e. The molecule has 3 heteroatoms. The Morgan fingerprint density at radius 2 is 1.89 bits per heavy atom. The molecule has 1 aliphatic heterocycles. The van der Waals surface area contributed by atoms with E-state index in [2.05, 4.69) is 26.1 Å². The number of nitrogens with one attached hydrogen (secondary N) is 1. The van der Waals surface area contributed by atoms with Crippen LogP contribution in [0.4, 0.5) is 0 Å². The third-order valence-corrected chi connectivity index (χ3v) is 5.59. The smallest absolute Gasteiger partial charge is 0.157 e. The first-order valence-corrected chi connectivity index (χ1v) is 9.07. The first-order valence-electron chi connectivity index (χ1n) is 8.08. The Morgan fingerprint density at radius 1 is 1.16 bits per heavy atom. The Kier molecular flexibility index (Phi) is 5.61. The average Bonchev–Trinajstić information content (AvgIpc) is 2.72. The largest absolute Gasteiger partial charge is 0.359 e. The predicted molar refractivity (Wildman–Crippen MR) is 87.0 cm³/mol. The average molecular weight is 282 g/mol. The van der Waals surface area contributed by atoms with Crippen molar-refractivity contribution < 1.29 is 0 Å². The first kappa shape index (κ1) is 15.2. The van der Waals surface area contributed by atoms with Crippen LogP contribution in [0.3, 0.4) is 0 Å². The Morgan fingerprint density at radius 3 is 2.58 bits per heavy atom. The molecule has 2 fully saturated rings. The lowest BCUT2D eigenvalue weighted by Gasteiger charge is -2.32. The molecule has 0 amide bonds. The fourth-order valence-electron chi connectivity index (χ4n) is 3.16. The van der Waals surface area contributed by atoms with Gasteiger partial charge in [-0.05, 0) is 32.1 Å². The highest BCUT2D eigenvalue weighted by Crippen LogP contribution is 2.36. The lowest BCUT2D eigenvalue weighted by atomic mass is 9.83. The third kappa shape index (κ3) is 4.70. The summed E-state index contributed by atoms with van der Waals surface area (Å²) >= 11 is 1.95. The molecule has 1 aliphatic carbocycles. The van der Waals surface area contributed by atoms with Crippen LogP contribution < -0.4 is 5.32 Å². The highest BCUT2D eigenvalue weighted by molar-refractivity contribution is 8.14. The Bertz CT molecular complexity index is 306. The quantitative estimate of drug-likeness (QED) is 0.797. The van der Waals surface area contributed by atoms with E-state index in [1.54, 1.807) is 0 Å². The van der Waals surface area contributed by atoms with E-state index in [-0.39, 0.29) is 0 Å². The molecule has 19 heavy (non-hydrogen) atoms. The highest BCUT2D eigenvalue weighted by Gasteiger charge is 2.38. The third-order valence-electron chi connectivity index (χ3n) is 4.41. The summed E-state index contributed by atoms with van der Waals surface area (Å²) in [4.78, 5) is 4.89. The molecule has 2 rings (SSSR count). The number of thioether (sulfide) groups is 1. The Labute approximate surface area is 123 Å². The summed E-state index contributed by atoms with van der Waals surface area (Å²) < 4.78 is 0. The number of aliphatic imine (C=N–C) groups is 1. The van der Waals surface area contributed by atoms with Gasteiger partial charge in [0.1, 0.15) is 0 Å². The summed E-state index contributed by atoms with van der Waals surface area (Å²) in [6.07, 6.45) is 10.8. The molecule has 1 heterocycles. The Balaban J connectivity index is 1.77. The molecule has 110 valence electrons. The van der Waals surface area contributed by atoms with E-state index >= 15 is 0 Å². The van der Waals surface area contributed by atoms with Gasteiger partial charge in [0, 0.05) is 17.3 Å². The zero-order valence-corrected chi connectivity index (χ0v) is 13.7. The van der Waals surface area contributed by atoms with Gasteiger partial charge in [0.05, 0.1) is 0 Å². The summed E-state index contributed by atoms with van der Waals surface area (Å²) in [5.41, 5.74) is 0.402. The van der Waals surface area contributed by atoms with Crippen molar-refractivity contribution in [1.82, 2.24) is 5.32 Å². The van der Waals surface area contributed by atoms with Crippen LogP contribution in [0.15, 0.2) is 4.99 Å². The molecule has 2 aliphatic rings. The van der Waals surface area contributed by atoms with Gasteiger partial charge in [-0.25, -0.2) is 0 Å². The molecule has 1 N–H and O–H groups in total. The molecule has 1 atom stereocenters. The van der Waals surface area contributed by atoms with Crippen molar-refractivity contribution >= 4 is 16.9 Å². The summed E-state index contributed by atoms with van der Waals surface area (Å²) in [5, 5.41) is 4.97. The van der Waals surface area contributed by atoms with Gasteiger partial charge in [-0.15, -0.1) is 0 Å². The number of hydrogen-bond acceptors (Lipinski definition) is 2. The van der Waals surface area contributed by atoms with Gasteiger partial charge in [-0.2, -0.15) is 0 Å². The topological polar surface area (TPSA) is 24.4 Å².